The van der Waals surface area contributed by atoms with Gasteiger partial charge in [0.05, 0.1) is 11.4 Å². The van der Waals surface area contributed by atoms with E-state index in [4.69, 9.17) is 0 Å². The first-order valence-corrected chi connectivity index (χ1v) is 12.1. The molecule has 0 unspecified atom stereocenters. The van der Waals surface area contributed by atoms with Gasteiger partial charge in [0, 0.05) is 18.2 Å². The number of H-pyrrole nitrogens is 1. The minimum absolute atomic E-state index is 0.0753. The molecule has 3 N–H and O–H groups in total. The molecule has 34 heavy (non-hydrogen) atoms. The predicted molar refractivity (Wildman–Crippen MR) is 136 cm³/mol. The number of nitrogens with zero attached hydrogens (tertiary/aromatic N) is 2. The highest BCUT2D eigenvalue weighted by Gasteiger charge is 2.17. The second kappa shape index (κ2) is 11.1. The molecule has 8 nitrogen and oxygen atoms in total. The minimum Gasteiger partial charge on any atom is -0.325 e. The Morgan fingerprint density at radius 1 is 1.00 bits per heavy atom. The lowest BCUT2D eigenvalue weighted by molar-refractivity contribution is -0.114. The van der Waals surface area contributed by atoms with E-state index in [0.29, 0.717) is 11.3 Å². The highest BCUT2D eigenvalue weighted by Crippen LogP contribution is 2.29. The van der Waals surface area contributed by atoms with Crippen LogP contribution in [-0.2, 0) is 22.4 Å². The van der Waals surface area contributed by atoms with Crippen LogP contribution >= 0.6 is 11.8 Å². The van der Waals surface area contributed by atoms with Crippen LogP contribution in [0.4, 0.5) is 11.4 Å². The number of anilines is 2. The van der Waals surface area contributed by atoms with Crippen molar-refractivity contribution < 1.29 is 9.59 Å². The molecule has 1 aromatic heterocycles. The van der Waals surface area contributed by atoms with Crippen molar-refractivity contribution in [3.8, 4) is 11.3 Å². The third kappa shape index (κ3) is 5.91. The van der Waals surface area contributed by atoms with Crippen LogP contribution in [0.25, 0.3) is 11.3 Å². The average Bonchev–Trinajstić information content (AvgIpc) is 2.79. The molecule has 0 radical (unpaired) electrons. The number of hydrogen-bond donors (Lipinski definition) is 3. The van der Waals surface area contributed by atoms with E-state index < -0.39 is 5.56 Å². The molecule has 0 saturated carbocycles. The molecular formula is C25H29N5O3S. The van der Waals surface area contributed by atoms with Gasteiger partial charge in [0.15, 0.2) is 10.9 Å². The number of aromatic amines is 1. The molecule has 1 heterocycles. The molecule has 0 atom stereocenters. The number of rotatable bonds is 8. The van der Waals surface area contributed by atoms with E-state index in [2.05, 4.69) is 25.8 Å². The highest BCUT2D eigenvalue weighted by atomic mass is 32.2. The zero-order valence-electron chi connectivity index (χ0n) is 20.0. The van der Waals surface area contributed by atoms with Crippen molar-refractivity contribution in [1.82, 2.24) is 15.2 Å². The van der Waals surface area contributed by atoms with E-state index in [-0.39, 0.29) is 28.4 Å². The smallest absolute Gasteiger partial charge is 0.278 e. The summed E-state index contributed by atoms with van der Waals surface area (Å²) in [4.78, 5) is 39.8. The summed E-state index contributed by atoms with van der Waals surface area (Å²) in [6, 6.07) is 9.71. The summed E-state index contributed by atoms with van der Waals surface area (Å²) < 4.78 is 0. The second-order valence-electron chi connectivity index (χ2n) is 7.99. The lowest BCUT2D eigenvalue weighted by Gasteiger charge is -2.14. The van der Waals surface area contributed by atoms with Crippen molar-refractivity contribution >= 4 is 35.0 Å². The van der Waals surface area contributed by atoms with Gasteiger partial charge in [-0.3, -0.25) is 19.4 Å². The molecular weight excluding hydrogens is 450 g/mol. The zero-order chi connectivity index (χ0) is 24.8. The average molecular weight is 480 g/mol. The maximum Gasteiger partial charge on any atom is 0.278 e. The number of nitrogens with one attached hydrogen (secondary N) is 3. The minimum atomic E-state index is -0.445. The number of aryl methyl sites for hydroxylation is 4. The molecule has 3 rings (SSSR count). The van der Waals surface area contributed by atoms with Gasteiger partial charge in [-0.2, -0.15) is 0 Å². The Kier molecular flexibility index (Phi) is 8.22. The summed E-state index contributed by atoms with van der Waals surface area (Å²) in [5, 5.41) is 14.2. The van der Waals surface area contributed by atoms with Gasteiger partial charge in [0.2, 0.25) is 11.8 Å². The Morgan fingerprint density at radius 3 is 2.26 bits per heavy atom. The predicted octanol–water partition coefficient (Wildman–Crippen LogP) is 4.26. The lowest BCUT2D eigenvalue weighted by Crippen LogP contribution is -2.19. The Hall–Kier alpha value is -3.46. The third-order valence-electron chi connectivity index (χ3n) is 5.32. The number of thioether (sulfide) groups is 1. The van der Waals surface area contributed by atoms with E-state index in [1.807, 2.05) is 52.0 Å². The van der Waals surface area contributed by atoms with Crippen molar-refractivity contribution in [2.45, 2.75) is 52.6 Å². The van der Waals surface area contributed by atoms with Gasteiger partial charge in [-0.1, -0.05) is 55.4 Å². The Morgan fingerprint density at radius 2 is 1.68 bits per heavy atom. The number of hydrogen-bond acceptors (Lipinski definition) is 6. The van der Waals surface area contributed by atoms with Crippen molar-refractivity contribution in [2.24, 2.45) is 0 Å². The number of carbonyl (C=O) groups is 2. The second-order valence-corrected chi connectivity index (χ2v) is 8.95. The van der Waals surface area contributed by atoms with Gasteiger partial charge in [-0.15, -0.1) is 10.2 Å². The number of amides is 2. The molecule has 9 heteroatoms. The molecule has 2 aromatic carbocycles. The molecule has 0 aliphatic rings. The lowest BCUT2D eigenvalue weighted by atomic mass is 10.0. The van der Waals surface area contributed by atoms with Crippen LogP contribution in [0.5, 0.6) is 0 Å². The third-order valence-corrected chi connectivity index (χ3v) is 6.18. The highest BCUT2D eigenvalue weighted by molar-refractivity contribution is 7.99. The van der Waals surface area contributed by atoms with Crippen LogP contribution in [0.3, 0.4) is 0 Å². The van der Waals surface area contributed by atoms with Crippen molar-refractivity contribution in [3.63, 3.8) is 0 Å². The molecule has 0 spiro atoms. The topological polar surface area (TPSA) is 117 Å². The Labute approximate surface area is 203 Å². The van der Waals surface area contributed by atoms with Gasteiger partial charge < -0.3 is 10.6 Å². The number of aromatic nitrogens is 3. The molecule has 0 fully saturated rings. The summed E-state index contributed by atoms with van der Waals surface area (Å²) in [5.74, 6) is -0.354. The van der Waals surface area contributed by atoms with E-state index in [0.717, 1.165) is 52.5 Å². The van der Waals surface area contributed by atoms with Crippen LogP contribution in [0.15, 0.2) is 40.3 Å². The van der Waals surface area contributed by atoms with E-state index in [1.165, 1.54) is 6.92 Å². The van der Waals surface area contributed by atoms with Crippen molar-refractivity contribution in [3.05, 3.63) is 62.9 Å². The van der Waals surface area contributed by atoms with Crippen LogP contribution in [0, 0.1) is 13.8 Å². The molecule has 178 valence electrons. The van der Waals surface area contributed by atoms with Gasteiger partial charge in [0.25, 0.3) is 5.56 Å². The maximum absolute atomic E-state index is 12.8. The van der Waals surface area contributed by atoms with Gasteiger partial charge in [0.1, 0.15) is 0 Å². The molecule has 3 aromatic rings. The Bertz CT molecular complexity index is 1260. The quantitative estimate of drug-likeness (QED) is 0.416. The maximum atomic E-state index is 12.8. The van der Waals surface area contributed by atoms with E-state index >= 15 is 0 Å². The largest absolute Gasteiger partial charge is 0.325 e. The van der Waals surface area contributed by atoms with Crippen LogP contribution < -0.4 is 16.2 Å². The summed E-state index contributed by atoms with van der Waals surface area (Å²) in [7, 11) is 0. The van der Waals surface area contributed by atoms with E-state index in [1.54, 1.807) is 6.07 Å². The standard InChI is InChI=1S/C25H29N5O3S/c1-6-17-9-8-10-18(7-2)22(17)27-20(32)13-34-25-28-24(33)23(29-30-25)19-12-14(3)11-15(4)21(19)26-16(5)31/h8-12H,6-7,13H2,1-5H3,(H,26,31)(H,27,32)(H,28,30,33). The SMILES string of the molecule is CCc1cccc(CC)c1NC(=O)CSc1nnc(-c2cc(C)cc(C)c2NC(C)=O)c(=O)[nH]1. The monoisotopic (exact) mass is 479 g/mol. The van der Waals surface area contributed by atoms with Gasteiger partial charge in [-0.25, -0.2) is 0 Å². The van der Waals surface area contributed by atoms with Crippen molar-refractivity contribution in [2.75, 3.05) is 16.4 Å². The number of benzene rings is 2. The van der Waals surface area contributed by atoms with Crippen LogP contribution in [-0.4, -0.2) is 32.7 Å². The summed E-state index contributed by atoms with van der Waals surface area (Å²) >= 11 is 1.10. The molecule has 2 amide bonds. The normalized spacial score (nSPS) is 10.7. The molecule has 0 bridgehead atoms. The summed E-state index contributed by atoms with van der Waals surface area (Å²) in [5.41, 5.74) is 5.45. The molecule has 0 saturated heterocycles. The van der Waals surface area contributed by atoms with Crippen molar-refractivity contribution in [1.29, 1.82) is 0 Å². The fourth-order valence-electron chi connectivity index (χ4n) is 3.77. The summed E-state index contributed by atoms with van der Waals surface area (Å²) in [6.45, 7) is 9.26. The Balaban J connectivity index is 1.78. The molecule has 0 aliphatic carbocycles. The first kappa shape index (κ1) is 25.2. The van der Waals surface area contributed by atoms with Gasteiger partial charge in [-0.05, 0) is 49.4 Å². The van der Waals surface area contributed by atoms with Crippen LogP contribution in [0.1, 0.15) is 43.0 Å². The van der Waals surface area contributed by atoms with E-state index in [9.17, 15) is 14.4 Å². The fraction of sp³-hybridized carbons (Fsp3) is 0.320. The molecule has 0 aliphatic heterocycles. The zero-order valence-corrected chi connectivity index (χ0v) is 20.9. The first-order valence-electron chi connectivity index (χ1n) is 11.1. The number of para-hydroxylation sites is 1. The van der Waals surface area contributed by atoms with Crippen LogP contribution in [0.2, 0.25) is 0 Å². The van der Waals surface area contributed by atoms with Gasteiger partial charge >= 0.3 is 0 Å². The number of carbonyl (C=O) groups excluding carboxylic acids is 2. The fourth-order valence-corrected chi connectivity index (χ4v) is 4.38. The first-order chi connectivity index (χ1) is 16.2. The summed E-state index contributed by atoms with van der Waals surface area (Å²) in [6.07, 6.45) is 1.63.